The van der Waals surface area contributed by atoms with E-state index in [0.29, 0.717) is 0 Å². The van der Waals surface area contributed by atoms with Gasteiger partial charge in [-0.1, -0.05) is 148 Å². The van der Waals surface area contributed by atoms with Gasteiger partial charge in [-0.15, -0.1) is 0 Å². The van der Waals surface area contributed by atoms with E-state index in [1.807, 2.05) is 0 Å². The summed E-state index contributed by atoms with van der Waals surface area (Å²) in [5.74, 6) is 0. The molecule has 218 valence electrons. The monoisotopic (exact) mass is 586 g/mol. The zero-order chi connectivity index (χ0) is 31.0. The average molecular weight is 587 g/mol. The Morgan fingerprint density at radius 3 is 1.43 bits per heavy atom. The van der Waals surface area contributed by atoms with E-state index in [4.69, 9.17) is 0 Å². The van der Waals surface area contributed by atoms with Crippen molar-refractivity contribution in [3.05, 3.63) is 157 Å². The van der Waals surface area contributed by atoms with Crippen LogP contribution in [-0.2, 0) is 5.41 Å². The first-order chi connectivity index (χ1) is 22.4. The van der Waals surface area contributed by atoms with Gasteiger partial charge in [0.1, 0.15) is 0 Å². The average Bonchev–Trinajstić information content (AvgIpc) is 3.09. The molecule has 9 rings (SSSR count). The lowest BCUT2D eigenvalue weighted by Gasteiger charge is -2.23. The van der Waals surface area contributed by atoms with Crippen molar-refractivity contribution in [1.29, 1.82) is 0 Å². The zero-order valence-electron chi connectivity index (χ0n) is 26.4. The fourth-order valence-corrected chi connectivity index (χ4v) is 7.41. The van der Waals surface area contributed by atoms with Crippen molar-refractivity contribution < 1.29 is 0 Å². The highest BCUT2D eigenvalue weighted by atomic mass is 14.2. The van der Waals surface area contributed by atoms with Crippen molar-refractivity contribution >= 4 is 53.9 Å². The van der Waals surface area contributed by atoms with Crippen molar-refractivity contribution in [2.24, 2.45) is 0 Å². The summed E-state index contributed by atoms with van der Waals surface area (Å²) in [6.07, 6.45) is 0. The van der Waals surface area contributed by atoms with E-state index in [1.54, 1.807) is 0 Å². The Labute approximate surface area is 269 Å². The minimum absolute atomic E-state index is 0.0874. The highest BCUT2D eigenvalue weighted by Crippen LogP contribution is 2.45. The minimum Gasteiger partial charge on any atom is -0.0622 e. The minimum atomic E-state index is 0.0874. The summed E-state index contributed by atoms with van der Waals surface area (Å²) in [6, 6.07) is 56.6. The summed E-state index contributed by atoms with van der Waals surface area (Å²) in [7, 11) is 0. The third kappa shape index (κ3) is 4.29. The molecular formula is C46H34. The highest BCUT2D eigenvalue weighted by molar-refractivity contribution is 6.28. The molecule has 0 radical (unpaired) electrons. The maximum atomic E-state index is 2.42. The Bertz CT molecular complexity index is 2580. The first-order valence-corrected chi connectivity index (χ1v) is 16.3. The van der Waals surface area contributed by atoms with Gasteiger partial charge in [0.15, 0.2) is 0 Å². The lowest BCUT2D eigenvalue weighted by molar-refractivity contribution is 0.591. The van der Waals surface area contributed by atoms with Crippen molar-refractivity contribution in [2.45, 2.75) is 26.2 Å². The van der Waals surface area contributed by atoms with Crippen LogP contribution in [0.4, 0.5) is 0 Å². The van der Waals surface area contributed by atoms with Crippen LogP contribution in [0, 0.1) is 0 Å². The van der Waals surface area contributed by atoms with Gasteiger partial charge >= 0.3 is 0 Å². The molecule has 0 aromatic heterocycles. The van der Waals surface area contributed by atoms with Crippen molar-refractivity contribution in [3.63, 3.8) is 0 Å². The van der Waals surface area contributed by atoms with Crippen LogP contribution in [0.25, 0.3) is 87.2 Å². The quantitative estimate of drug-likeness (QED) is 0.181. The topological polar surface area (TPSA) is 0 Å². The second-order valence-corrected chi connectivity index (χ2v) is 13.8. The van der Waals surface area contributed by atoms with Gasteiger partial charge in [0.05, 0.1) is 0 Å². The largest absolute Gasteiger partial charge is 0.0622 e. The predicted molar refractivity (Wildman–Crippen MR) is 200 cm³/mol. The van der Waals surface area contributed by atoms with E-state index in [0.717, 1.165) is 0 Å². The number of benzene rings is 9. The summed E-state index contributed by atoms with van der Waals surface area (Å²) in [6.45, 7) is 6.90. The van der Waals surface area contributed by atoms with Crippen LogP contribution >= 0.6 is 0 Å². The SMILES string of the molecule is CC(C)(C)c1cc2ccc3c(-c4ccccc4)cc(-c4ccc5cc(-c6ccc7ccccc7c6)ccc5c4)c4ccc(c1)c2c34. The number of rotatable bonds is 3. The molecule has 0 saturated heterocycles. The van der Waals surface area contributed by atoms with Gasteiger partial charge in [-0.05, 0) is 122 Å². The normalized spacial score (nSPS) is 12.2. The Balaban J connectivity index is 1.26. The molecule has 0 aliphatic carbocycles. The van der Waals surface area contributed by atoms with Crippen molar-refractivity contribution in [2.75, 3.05) is 0 Å². The van der Waals surface area contributed by atoms with E-state index < -0.39 is 0 Å². The molecule has 0 atom stereocenters. The third-order valence-corrected chi connectivity index (χ3v) is 9.90. The van der Waals surface area contributed by atoms with Gasteiger partial charge in [0.2, 0.25) is 0 Å². The van der Waals surface area contributed by atoms with Crippen molar-refractivity contribution in [3.8, 4) is 33.4 Å². The Morgan fingerprint density at radius 1 is 0.326 bits per heavy atom. The molecule has 0 heterocycles. The number of hydrogen-bond donors (Lipinski definition) is 0. The van der Waals surface area contributed by atoms with Gasteiger partial charge in [-0.25, -0.2) is 0 Å². The lowest BCUT2D eigenvalue weighted by Crippen LogP contribution is -2.10. The van der Waals surface area contributed by atoms with Gasteiger partial charge in [-0.3, -0.25) is 0 Å². The highest BCUT2D eigenvalue weighted by Gasteiger charge is 2.20. The van der Waals surface area contributed by atoms with Gasteiger partial charge < -0.3 is 0 Å². The molecule has 0 heteroatoms. The fraction of sp³-hybridized carbons (Fsp3) is 0.0870. The second-order valence-electron chi connectivity index (χ2n) is 13.8. The molecule has 9 aromatic carbocycles. The molecule has 0 amide bonds. The number of hydrogen-bond acceptors (Lipinski definition) is 0. The molecule has 0 aliphatic rings. The molecule has 0 unspecified atom stereocenters. The van der Waals surface area contributed by atoms with Crippen LogP contribution in [0.5, 0.6) is 0 Å². The first-order valence-electron chi connectivity index (χ1n) is 16.3. The molecule has 46 heavy (non-hydrogen) atoms. The van der Waals surface area contributed by atoms with E-state index in [1.165, 1.54) is 92.8 Å². The smallest absolute Gasteiger partial charge is 0.00143 e. The fourth-order valence-electron chi connectivity index (χ4n) is 7.41. The van der Waals surface area contributed by atoms with Crippen molar-refractivity contribution in [1.82, 2.24) is 0 Å². The van der Waals surface area contributed by atoms with E-state index in [9.17, 15) is 0 Å². The molecule has 0 fully saturated rings. The Kier molecular flexibility index (Phi) is 5.86. The molecule has 0 nitrogen and oxygen atoms in total. The van der Waals surface area contributed by atoms with Gasteiger partial charge in [0.25, 0.3) is 0 Å². The third-order valence-electron chi connectivity index (χ3n) is 9.90. The van der Waals surface area contributed by atoms with Crippen LogP contribution in [0.1, 0.15) is 26.3 Å². The second kappa shape index (κ2) is 10.0. The van der Waals surface area contributed by atoms with Crippen LogP contribution in [0.3, 0.4) is 0 Å². The molecule has 0 N–H and O–H groups in total. The van der Waals surface area contributed by atoms with Gasteiger partial charge in [0, 0.05) is 0 Å². The van der Waals surface area contributed by atoms with Gasteiger partial charge in [-0.2, -0.15) is 0 Å². The standard InChI is InChI=1S/C46H34/c1-46(2,3)39-26-37-19-21-40-42(30-10-5-4-6-11-30)28-43(41-22-20-38(27-39)44(37)45(40)41)36-18-17-34-24-33(15-16-35(34)25-36)32-14-13-29-9-7-8-12-31(29)23-32/h4-28H,1-3H3. The van der Waals surface area contributed by atoms with Crippen LogP contribution in [-0.4, -0.2) is 0 Å². The zero-order valence-corrected chi connectivity index (χ0v) is 26.4. The molecule has 0 aliphatic heterocycles. The maximum absolute atomic E-state index is 2.42. The van der Waals surface area contributed by atoms with Crippen LogP contribution < -0.4 is 0 Å². The summed E-state index contributed by atoms with van der Waals surface area (Å²) in [5, 5.41) is 13.0. The van der Waals surface area contributed by atoms with E-state index in [2.05, 4.69) is 172 Å². The summed E-state index contributed by atoms with van der Waals surface area (Å²) >= 11 is 0. The molecule has 9 aromatic rings. The van der Waals surface area contributed by atoms with E-state index in [-0.39, 0.29) is 5.41 Å². The predicted octanol–water partition coefficient (Wildman–Crippen LogP) is 13.2. The first kappa shape index (κ1) is 26.9. The summed E-state index contributed by atoms with van der Waals surface area (Å²) in [4.78, 5) is 0. The summed E-state index contributed by atoms with van der Waals surface area (Å²) in [5.41, 5.74) is 9.01. The summed E-state index contributed by atoms with van der Waals surface area (Å²) < 4.78 is 0. The van der Waals surface area contributed by atoms with Crippen LogP contribution in [0.2, 0.25) is 0 Å². The van der Waals surface area contributed by atoms with E-state index >= 15 is 0 Å². The molecule has 0 bridgehead atoms. The maximum Gasteiger partial charge on any atom is -0.00143 e. The lowest BCUT2D eigenvalue weighted by atomic mass is 9.81. The Morgan fingerprint density at radius 2 is 0.804 bits per heavy atom. The molecule has 0 spiro atoms. The molecular weight excluding hydrogens is 553 g/mol. The molecule has 0 saturated carbocycles. The Hall–Kier alpha value is -5.46. The number of fused-ring (bicyclic) bond motifs is 2. The van der Waals surface area contributed by atoms with Crippen LogP contribution in [0.15, 0.2) is 152 Å².